The molecule has 0 spiro atoms. The molecule has 1 unspecified atom stereocenters. The summed E-state index contributed by atoms with van der Waals surface area (Å²) < 4.78 is 0. The minimum absolute atomic E-state index is 0.114. The van der Waals surface area contributed by atoms with Gasteiger partial charge in [-0.3, -0.25) is 9.69 Å². The van der Waals surface area contributed by atoms with Gasteiger partial charge in [-0.1, -0.05) is 37.3 Å². The van der Waals surface area contributed by atoms with E-state index in [2.05, 4.69) is 47.1 Å². The maximum atomic E-state index is 12.9. The third kappa shape index (κ3) is 5.11. The zero-order chi connectivity index (χ0) is 19.1. The van der Waals surface area contributed by atoms with Gasteiger partial charge in [-0.2, -0.15) is 5.26 Å². The van der Waals surface area contributed by atoms with Gasteiger partial charge in [0.2, 0.25) is 0 Å². The normalized spacial score (nSPS) is 21.8. The summed E-state index contributed by atoms with van der Waals surface area (Å²) in [5.74, 6) is -0.114. The summed E-state index contributed by atoms with van der Waals surface area (Å²) in [5, 5.41) is 9.56. The highest BCUT2D eigenvalue weighted by molar-refractivity contribution is 5.97. The summed E-state index contributed by atoms with van der Waals surface area (Å²) in [4.78, 5) is 19.3. The molecule has 1 atom stereocenters. The fourth-order valence-electron chi connectivity index (χ4n) is 4.05. The van der Waals surface area contributed by atoms with E-state index in [1.54, 1.807) is 0 Å². The molecule has 5 heteroatoms. The number of rotatable bonds is 5. The van der Waals surface area contributed by atoms with Gasteiger partial charge >= 0.3 is 0 Å². The first kappa shape index (κ1) is 19.4. The van der Waals surface area contributed by atoms with E-state index in [1.807, 2.05) is 17.2 Å². The standard InChI is InChI=1S/C22H30N4O/c1-2-21-10-6-7-11-26(21)18-20(16-23)22(27)25-14-12-24(13-15-25)17-19-8-4-3-5-9-19/h3-5,8-9,18,21H,2,6-7,10-15,17H2,1H3/b20-18-. The highest BCUT2D eigenvalue weighted by Crippen LogP contribution is 2.21. The lowest BCUT2D eigenvalue weighted by molar-refractivity contribution is -0.128. The lowest BCUT2D eigenvalue weighted by Gasteiger charge is -2.36. The van der Waals surface area contributed by atoms with Crippen molar-refractivity contribution in [2.45, 2.75) is 45.2 Å². The topological polar surface area (TPSA) is 50.6 Å². The number of carbonyl (C=O) groups excluding carboxylic acids is 1. The van der Waals surface area contributed by atoms with Gasteiger partial charge in [-0.25, -0.2) is 0 Å². The summed E-state index contributed by atoms with van der Waals surface area (Å²) in [5.41, 5.74) is 1.58. The molecular formula is C22H30N4O. The van der Waals surface area contributed by atoms with Crippen molar-refractivity contribution in [3.63, 3.8) is 0 Å². The predicted molar refractivity (Wildman–Crippen MR) is 107 cm³/mol. The second-order valence-electron chi connectivity index (χ2n) is 7.50. The number of carbonyl (C=O) groups is 1. The predicted octanol–water partition coefficient (Wildman–Crippen LogP) is 3.00. The molecule has 2 aliphatic heterocycles. The van der Waals surface area contributed by atoms with Gasteiger partial charge in [0.05, 0.1) is 0 Å². The van der Waals surface area contributed by atoms with Crippen LogP contribution in [0.3, 0.4) is 0 Å². The van der Waals surface area contributed by atoms with E-state index in [0.717, 1.165) is 45.4 Å². The smallest absolute Gasteiger partial charge is 0.266 e. The molecule has 2 heterocycles. The Bertz CT molecular complexity index is 686. The van der Waals surface area contributed by atoms with E-state index >= 15 is 0 Å². The average molecular weight is 367 g/mol. The summed E-state index contributed by atoms with van der Waals surface area (Å²) in [6.07, 6.45) is 6.41. The number of piperazine rings is 1. The molecule has 0 N–H and O–H groups in total. The number of nitriles is 1. The molecule has 1 amide bonds. The Morgan fingerprint density at radius 1 is 1.15 bits per heavy atom. The largest absolute Gasteiger partial charge is 0.373 e. The molecule has 27 heavy (non-hydrogen) atoms. The number of amides is 1. The van der Waals surface area contributed by atoms with Crippen molar-refractivity contribution in [2.75, 3.05) is 32.7 Å². The van der Waals surface area contributed by atoms with Crippen LogP contribution in [0.5, 0.6) is 0 Å². The third-order valence-electron chi connectivity index (χ3n) is 5.70. The van der Waals surface area contributed by atoms with Gasteiger partial charge in [-0.05, 0) is 31.2 Å². The third-order valence-corrected chi connectivity index (χ3v) is 5.70. The SMILES string of the molecule is CCC1CCCCN1/C=C(/C#N)C(=O)N1CCN(Cc2ccccc2)CC1. The molecule has 0 radical (unpaired) electrons. The molecule has 0 saturated carbocycles. The minimum atomic E-state index is -0.114. The molecule has 0 aromatic heterocycles. The molecular weight excluding hydrogens is 336 g/mol. The van der Waals surface area contributed by atoms with Gasteiger partial charge in [0.1, 0.15) is 11.6 Å². The summed E-state index contributed by atoms with van der Waals surface area (Å²) in [6.45, 7) is 7.10. The van der Waals surface area contributed by atoms with E-state index in [1.165, 1.54) is 12.0 Å². The number of hydrogen-bond acceptors (Lipinski definition) is 4. The Kier molecular flexibility index (Phi) is 6.89. The van der Waals surface area contributed by atoms with E-state index in [4.69, 9.17) is 0 Å². The Hall–Kier alpha value is -2.32. The van der Waals surface area contributed by atoms with Crippen LogP contribution in [0.2, 0.25) is 0 Å². The van der Waals surface area contributed by atoms with Crippen LogP contribution >= 0.6 is 0 Å². The van der Waals surface area contributed by atoms with E-state index in [-0.39, 0.29) is 11.5 Å². The number of likely N-dealkylation sites (tertiary alicyclic amines) is 1. The fourth-order valence-corrected chi connectivity index (χ4v) is 4.05. The lowest BCUT2D eigenvalue weighted by atomic mass is 10.0. The van der Waals surface area contributed by atoms with Crippen LogP contribution in [-0.2, 0) is 11.3 Å². The van der Waals surface area contributed by atoms with Gasteiger partial charge in [0.25, 0.3) is 5.91 Å². The second-order valence-corrected chi connectivity index (χ2v) is 7.50. The molecule has 0 aliphatic carbocycles. The number of benzene rings is 1. The summed E-state index contributed by atoms with van der Waals surface area (Å²) >= 11 is 0. The minimum Gasteiger partial charge on any atom is -0.373 e. The zero-order valence-corrected chi connectivity index (χ0v) is 16.3. The van der Waals surface area contributed by atoms with Crippen molar-refractivity contribution < 1.29 is 4.79 Å². The lowest BCUT2D eigenvalue weighted by Crippen LogP contribution is -2.48. The zero-order valence-electron chi connectivity index (χ0n) is 16.3. The highest BCUT2D eigenvalue weighted by Gasteiger charge is 2.26. The highest BCUT2D eigenvalue weighted by atomic mass is 16.2. The van der Waals surface area contributed by atoms with Crippen LogP contribution < -0.4 is 0 Å². The molecule has 0 bridgehead atoms. The van der Waals surface area contributed by atoms with Gasteiger partial charge in [0.15, 0.2) is 0 Å². The first-order valence-electron chi connectivity index (χ1n) is 10.1. The van der Waals surface area contributed by atoms with Crippen molar-refractivity contribution in [1.29, 1.82) is 5.26 Å². The Balaban J connectivity index is 1.57. The average Bonchev–Trinajstić information content (AvgIpc) is 2.73. The number of piperidine rings is 1. The van der Waals surface area contributed by atoms with E-state index in [0.29, 0.717) is 19.1 Å². The second kappa shape index (κ2) is 9.57. The van der Waals surface area contributed by atoms with Crippen LogP contribution in [-0.4, -0.2) is 59.4 Å². The van der Waals surface area contributed by atoms with Crippen molar-refractivity contribution in [3.8, 4) is 6.07 Å². The first-order chi connectivity index (χ1) is 13.2. The van der Waals surface area contributed by atoms with Crippen molar-refractivity contribution in [2.24, 2.45) is 0 Å². The summed E-state index contributed by atoms with van der Waals surface area (Å²) in [7, 11) is 0. The number of nitrogens with zero attached hydrogens (tertiary/aromatic N) is 4. The van der Waals surface area contributed by atoms with Crippen LogP contribution in [0.15, 0.2) is 42.1 Å². The fraction of sp³-hybridized carbons (Fsp3) is 0.545. The summed E-state index contributed by atoms with van der Waals surface area (Å²) in [6, 6.07) is 13.0. The molecule has 2 aliphatic rings. The van der Waals surface area contributed by atoms with Crippen molar-refractivity contribution >= 4 is 5.91 Å². The van der Waals surface area contributed by atoms with Crippen molar-refractivity contribution in [3.05, 3.63) is 47.7 Å². The maximum Gasteiger partial charge on any atom is 0.266 e. The van der Waals surface area contributed by atoms with Gasteiger partial charge in [-0.15, -0.1) is 0 Å². The Morgan fingerprint density at radius 2 is 1.89 bits per heavy atom. The maximum absolute atomic E-state index is 12.9. The quantitative estimate of drug-likeness (QED) is 0.594. The van der Waals surface area contributed by atoms with Crippen LogP contribution in [0.1, 0.15) is 38.2 Å². The van der Waals surface area contributed by atoms with E-state index < -0.39 is 0 Å². The number of hydrogen-bond donors (Lipinski definition) is 0. The molecule has 1 aromatic rings. The first-order valence-corrected chi connectivity index (χ1v) is 10.1. The van der Waals surface area contributed by atoms with Gasteiger partial charge < -0.3 is 9.80 Å². The van der Waals surface area contributed by atoms with Gasteiger partial charge in [0, 0.05) is 51.5 Å². The van der Waals surface area contributed by atoms with Crippen molar-refractivity contribution in [1.82, 2.24) is 14.7 Å². The Morgan fingerprint density at radius 3 is 2.56 bits per heavy atom. The molecule has 5 nitrogen and oxygen atoms in total. The Labute approximate surface area is 162 Å². The van der Waals surface area contributed by atoms with Crippen LogP contribution in [0.4, 0.5) is 0 Å². The molecule has 3 rings (SSSR count). The monoisotopic (exact) mass is 366 g/mol. The molecule has 144 valence electrons. The molecule has 1 aromatic carbocycles. The molecule has 2 fully saturated rings. The molecule has 2 saturated heterocycles. The van der Waals surface area contributed by atoms with E-state index in [9.17, 15) is 10.1 Å². The van der Waals surface area contributed by atoms with Crippen LogP contribution in [0, 0.1) is 11.3 Å². The van der Waals surface area contributed by atoms with Crippen LogP contribution in [0.25, 0.3) is 0 Å².